The quantitative estimate of drug-likeness (QED) is 0.660. The van der Waals surface area contributed by atoms with E-state index in [0.717, 1.165) is 0 Å². The maximum absolute atomic E-state index is 11.2. The van der Waals surface area contributed by atoms with E-state index in [9.17, 15) is 14.9 Å². The van der Waals surface area contributed by atoms with E-state index < -0.39 is 11.0 Å². The summed E-state index contributed by atoms with van der Waals surface area (Å²) in [6, 6.07) is 1.29. The van der Waals surface area contributed by atoms with Gasteiger partial charge in [-0.3, -0.25) is 10.1 Å². The number of anilines is 1. The Hall–Kier alpha value is -2.38. The average Bonchev–Trinajstić information content (AvgIpc) is 2.40. The van der Waals surface area contributed by atoms with Gasteiger partial charge in [0, 0.05) is 31.2 Å². The van der Waals surface area contributed by atoms with Gasteiger partial charge in [-0.25, -0.2) is 9.78 Å². The number of rotatable bonds is 2. The second-order valence-electron chi connectivity index (χ2n) is 5.38. The summed E-state index contributed by atoms with van der Waals surface area (Å²) >= 11 is 0. The molecule has 0 saturated carbocycles. The van der Waals surface area contributed by atoms with Gasteiger partial charge < -0.3 is 14.9 Å². The maximum Gasteiger partial charge on any atom is 0.407 e. The highest BCUT2D eigenvalue weighted by Crippen LogP contribution is 2.26. The molecule has 0 aromatic carbocycles. The van der Waals surface area contributed by atoms with Crippen LogP contribution in [0.1, 0.15) is 19.4 Å². The summed E-state index contributed by atoms with van der Waals surface area (Å²) in [5.41, 5.74) is 0.674. The molecule has 1 aliphatic rings. The normalized spacial score (nSPS) is 22.2. The van der Waals surface area contributed by atoms with Crippen molar-refractivity contribution in [2.24, 2.45) is 0 Å². The summed E-state index contributed by atoms with van der Waals surface area (Å²) in [6.07, 6.45) is 0.311. The predicted octanol–water partition coefficient (Wildman–Crippen LogP) is 1.88. The fraction of sp³-hybridized carbons (Fsp3) is 0.538. The number of hydrogen-bond acceptors (Lipinski definition) is 5. The highest BCUT2D eigenvalue weighted by atomic mass is 16.6. The molecule has 0 radical (unpaired) electrons. The van der Waals surface area contributed by atoms with Crippen LogP contribution in [-0.2, 0) is 0 Å². The van der Waals surface area contributed by atoms with Crippen molar-refractivity contribution in [2.45, 2.75) is 32.9 Å². The Balaban J connectivity index is 2.26. The number of aromatic nitrogens is 1. The van der Waals surface area contributed by atoms with Gasteiger partial charge in [-0.1, -0.05) is 0 Å². The SMILES string of the molecule is Cc1cc([N+](=O)[O-])cnc1N1C[C@H](C)N(C(=O)O)C[C@H]1C. The summed E-state index contributed by atoms with van der Waals surface area (Å²) in [5, 5.41) is 19.9. The molecule has 1 saturated heterocycles. The van der Waals surface area contributed by atoms with Crippen molar-refractivity contribution in [3.05, 3.63) is 27.9 Å². The molecule has 2 rings (SSSR count). The maximum atomic E-state index is 11.2. The minimum Gasteiger partial charge on any atom is -0.465 e. The van der Waals surface area contributed by atoms with Crippen LogP contribution in [0.2, 0.25) is 0 Å². The van der Waals surface area contributed by atoms with Crippen LogP contribution in [0.4, 0.5) is 16.3 Å². The number of nitrogens with zero attached hydrogens (tertiary/aromatic N) is 4. The number of nitro groups is 1. The molecule has 1 amide bonds. The molecule has 8 nitrogen and oxygen atoms in total. The number of pyridine rings is 1. The van der Waals surface area contributed by atoms with Gasteiger partial charge in [0.25, 0.3) is 5.69 Å². The number of aryl methyl sites for hydroxylation is 1. The molecule has 8 heteroatoms. The van der Waals surface area contributed by atoms with Gasteiger partial charge in [-0.2, -0.15) is 0 Å². The molecule has 2 atom stereocenters. The van der Waals surface area contributed by atoms with Gasteiger partial charge in [-0.15, -0.1) is 0 Å². The number of carboxylic acid groups (broad SMARTS) is 1. The Kier molecular flexibility index (Phi) is 3.97. The molecule has 2 heterocycles. The van der Waals surface area contributed by atoms with Crippen LogP contribution in [0.15, 0.2) is 12.3 Å². The second-order valence-corrected chi connectivity index (χ2v) is 5.38. The third-order valence-electron chi connectivity index (χ3n) is 3.75. The largest absolute Gasteiger partial charge is 0.465 e. The van der Waals surface area contributed by atoms with Crippen LogP contribution in [0, 0.1) is 17.0 Å². The van der Waals surface area contributed by atoms with Gasteiger partial charge in [0.2, 0.25) is 0 Å². The van der Waals surface area contributed by atoms with Gasteiger partial charge in [0.05, 0.1) is 4.92 Å². The minimum absolute atomic E-state index is 0.0371. The molecule has 1 aromatic rings. The first kappa shape index (κ1) is 15.0. The Morgan fingerprint density at radius 3 is 2.62 bits per heavy atom. The zero-order chi connectivity index (χ0) is 15.7. The number of amides is 1. The fourth-order valence-corrected chi connectivity index (χ4v) is 2.64. The molecule has 114 valence electrons. The standard InChI is InChI=1S/C13H18N4O4/c1-8-4-11(17(20)21)5-14-12(8)15-6-10(3)16(13(18)19)7-9(15)2/h4-5,9-10H,6-7H2,1-3H3,(H,18,19)/t9-,10+/m1/s1. The highest BCUT2D eigenvalue weighted by molar-refractivity contribution is 5.66. The summed E-state index contributed by atoms with van der Waals surface area (Å²) in [5.74, 6) is 0.671. The zero-order valence-electron chi connectivity index (χ0n) is 12.2. The lowest BCUT2D eigenvalue weighted by Crippen LogP contribution is -2.58. The molecule has 0 aliphatic carbocycles. The summed E-state index contributed by atoms with van der Waals surface area (Å²) in [4.78, 5) is 29.0. The van der Waals surface area contributed by atoms with Crippen LogP contribution in [0.25, 0.3) is 0 Å². The first-order chi connectivity index (χ1) is 9.81. The van der Waals surface area contributed by atoms with Crippen molar-refractivity contribution in [2.75, 3.05) is 18.0 Å². The van der Waals surface area contributed by atoms with Crippen molar-refractivity contribution >= 4 is 17.6 Å². The summed E-state index contributed by atoms with van der Waals surface area (Å²) in [6.45, 7) is 6.43. The van der Waals surface area contributed by atoms with E-state index in [1.807, 2.05) is 18.7 Å². The van der Waals surface area contributed by atoms with Crippen molar-refractivity contribution < 1.29 is 14.8 Å². The third-order valence-corrected chi connectivity index (χ3v) is 3.75. The van der Waals surface area contributed by atoms with Crippen molar-refractivity contribution in [3.63, 3.8) is 0 Å². The van der Waals surface area contributed by atoms with E-state index in [2.05, 4.69) is 4.98 Å². The van der Waals surface area contributed by atoms with E-state index in [1.165, 1.54) is 17.2 Å². The lowest BCUT2D eigenvalue weighted by molar-refractivity contribution is -0.385. The molecule has 0 spiro atoms. The average molecular weight is 294 g/mol. The van der Waals surface area contributed by atoms with Crippen molar-refractivity contribution in [3.8, 4) is 0 Å². The fourth-order valence-electron chi connectivity index (χ4n) is 2.64. The van der Waals surface area contributed by atoms with Crippen LogP contribution in [0.5, 0.6) is 0 Å². The van der Waals surface area contributed by atoms with Crippen molar-refractivity contribution in [1.82, 2.24) is 9.88 Å². The topological polar surface area (TPSA) is 99.8 Å². The van der Waals surface area contributed by atoms with Gasteiger partial charge >= 0.3 is 6.09 Å². The zero-order valence-corrected chi connectivity index (χ0v) is 12.2. The van der Waals surface area contributed by atoms with Crippen LogP contribution < -0.4 is 4.90 Å². The lowest BCUT2D eigenvalue weighted by Gasteiger charge is -2.43. The Morgan fingerprint density at radius 1 is 1.43 bits per heavy atom. The smallest absolute Gasteiger partial charge is 0.407 e. The second kappa shape index (κ2) is 5.55. The van der Waals surface area contributed by atoms with Crippen molar-refractivity contribution in [1.29, 1.82) is 0 Å². The molecule has 1 N–H and O–H groups in total. The van der Waals surface area contributed by atoms with E-state index in [4.69, 9.17) is 5.11 Å². The van der Waals surface area contributed by atoms with E-state index in [1.54, 1.807) is 6.92 Å². The Labute approximate surface area is 122 Å². The Morgan fingerprint density at radius 2 is 2.10 bits per heavy atom. The first-order valence-corrected chi connectivity index (χ1v) is 6.68. The number of hydrogen-bond donors (Lipinski definition) is 1. The van der Waals surface area contributed by atoms with Gasteiger partial charge in [0.15, 0.2) is 0 Å². The van der Waals surface area contributed by atoms with E-state index in [-0.39, 0.29) is 17.8 Å². The van der Waals surface area contributed by atoms with Gasteiger partial charge in [-0.05, 0) is 26.3 Å². The third kappa shape index (κ3) is 2.88. The first-order valence-electron chi connectivity index (χ1n) is 6.68. The summed E-state index contributed by atoms with van der Waals surface area (Å²) in [7, 11) is 0. The molecule has 21 heavy (non-hydrogen) atoms. The molecular weight excluding hydrogens is 276 g/mol. The Bertz CT molecular complexity index is 577. The summed E-state index contributed by atoms with van der Waals surface area (Å²) < 4.78 is 0. The molecule has 0 bridgehead atoms. The molecular formula is C13H18N4O4. The minimum atomic E-state index is -0.928. The van der Waals surface area contributed by atoms with Gasteiger partial charge in [0.1, 0.15) is 12.0 Å². The van der Waals surface area contributed by atoms with E-state index in [0.29, 0.717) is 24.5 Å². The molecule has 0 unspecified atom stereocenters. The highest BCUT2D eigenvalue weighted by Gasteiger charge is 2.33. The number of carbonyl (C=O) groups is 1. The lowest BCUT2D eigenvalue weighted by atomic mass is 10.1. The van der Waals surface area contributed by atoms with Crippen LogP contribution >= 0.6 is 0 Å². The van der Waals surface area contributed by atoms with Crippen LogP contribution in [0.3, 0.4) is 0 Å². The molecule has 1 fully saturated rings. The molecule has 1 aromatic heterocycles. The monoisotopic (exact) mass is 294 g/mol. The predicted molar refractivity (Wildman–Crippen MR) is 76.6 cm³/mol. The van der Waals surface area contributed by atoms with Crippen LogP contribution in [-0.4, -0.2) is 51.2 Å². The number of piperazine rings is 1. The van der Waals surface area contributed by atoms with E-state index >= 15 is 0 Å². The molecule has 1 aliphatic heterocycles.